The molecule has 1 heterocycles. The molecule has 1 amide bonds. The van der Waals surface area contributed by atoms with E-state index in [0.29, 0.717) is 17.1 Å². The predicted molar refractivity (Wildman–Crippen MR) is 98.0 cm³/mol. The number of benzene rings is 2. The van der Waals surface area contributed by atoms with E-state index in [-0.39, 0.29) is 5.91 Å². The molecule has 2 aromatic carbocycles. The van der Waals surface area contributed by atoms with Crippen molar-refractivity contribution in [3.05, 3.63) is 59.7 Å². The molecule has 0 radical (unpaired) electrons. The van der Waals surface area contributed by atoms with Gasteiger partial charge in [-0.1, -0.05) is 30.3 Å². The number of hydrogen-bond donors (Lipinski definition) is 0. The van der Waals surface area contributed by atoms with Gasteiger partial charge in [-0.2, -0.15) is 5.26 Å². The van der Waals surface area contributed by atoms with Crippen LogP contribution >= 0.6 is 0 Å². The van der Waals surface area contributed by atoms with Gasteiger partial charge in [0.25, 0.3) is 5.91 Å². The van der Waals surface area contributed by atoms with Gasteiger partial charge in [-0.3, -0.25) is 4.79 Å². The third-order valence-electron chi connectivity index (χ3n) is 4.53. The summed E-state index contributed by atoms with van der Waals surface area (Å²) in [5, 5.41) is 9.06. The quantitative estimate of drug-likeness (QED) is 0.825. The first-order valence-corrected chi connectivity index (χ1v) is 8.81. The summed E-state index contributed by atoms with van der Waals surface area (Å²) in [4.78, 5) is 15.0. The fraction of sp³-hybridized carbons (Fsp3) is 0.333. The number of methoxy groups -OCH3 is 1. The van der Waals surface area contributed by atoms with Gasteiger partial charge in [-0.05, 0) is 31.4 Å². The van der Waals surface area contributed by atoms with Crippen LogP contribution in [0.15, 0.2) is 48.5 Å². The lowest BCUT2D eigenvalue weighted by atomic mass is 10.1. The van der Waals surface area contributed by atoms with Gasteiger partial charge in [0.2, 0.25) is 6.10 Å². The van der Waals surface area contributed by atoms with Crippen LogP contribution in [0.1, 0.15) is 36.5 Å². The van der Waals surface area contributed by atoms with Crippen LogP contribution < -0.4 is 9.47 Å². The van der Waals surface area contributed by atoms with E-state index in [2.05, 4.69) is 6.07 Å². The molecule has 0 aromatic heterocycles. The second-order valence-corrected chi connectivity index (χ2v) is 6.27. The van der Waals surface area contributed by atoms with Gasteiger partial charge in [0.1, 0.15) is 0 Å². The lowest BCUT2D eigenvalue weighted by molar-refractivity contribution is -0.140. The molecule has 1 fully saturated rings. The summed E-state index contributed by atoms with van der Waals surface area (Å²) in [6, 6.07) is 16.5. The zero-order valence-electron chi connectivity index (χ0n) is 14.9. The van der Waals surface area contributed by atoms with E-state index in [1.165, 1.54) is 7.11 Å². The van der Waals surface area contributed by atoms with Crippen molar-refractivity contribution in [1.29, 1.82) is 5.26 Å². The predicted octanol–water partition coefficient (Wildman–Crippen LogP) is 3.70. The van der Waals surface area contributed by atoms with Crippen LogP contribution in [0.2, 0.25) is 0 Å². The SMILES string of the molecule is COc1cc(C#N)ccc1O[C@H](C(=O)N1CCCCC1)c1ccccc1. The zero-order valence-corrected chi connectivity index (χ0v) is 14.9. The molecule has 0 spiro atoms. The largest absolute Gasteiger partial charge is 0.493 e. The van der Waals surface area contributed by atoms with Crippen LogP contribution in [0.3, 0.4) is 0 Å². The van der Waals surface area contributed by atoms with Gasteiger partial charge in [0.15, 0.2) is 11.5 Å². The number of ether oxygens (including phenoxy) is 2. The Kier molecular flexibility index (Phi) is 5.75. The third kappa shape index (κ3) is 3.97. The summed E-state index contributed by atoms with van der Waals surface area (Å²) in [6.07, 6.45) is 2.46. The Morgan fingerprint density at radius 3 is 2.46 bits per heavy atom. The van der Waals surface area contributed by atoms with Crippen molar-refractivity contribution < 1.29 is 14.3 Å². The standard InChI is InChI=1S/C21H22N2O3/c1-25-19-14-16(15-22)10-11-18(19)26-20(17-8-4-2-5-9-17)21(24)23-12-6-3-7-13-23/h2,4-5,8-11,14,20H,3,6-7,12-13H2,1H3/t20-/m0/s1. The second kappa shape index (κ2) is 8.39. The van der Waals surface area contributed by atoms with Gasteiger partial charge >= 0.3 is 0 Å². The molecule has 0 bridgehead atoms. The molecule has 0 saturated carbocycles. The summed E-state index contributed by atoms with van der Waals surface area (Å²) in [5.74, 6) is 0.851. The fourth-order valence-corrected chi connectivity index (χ4v) is 3.13. The molecule has 0 aliphatic carbocycles. The second-order valence-electron chi connectivity index (χ2n) is 6.27. The maximum Gasteiger partial charge on any atom is 0.268 e. The normalized spacial score (nSPS) is 15.0. The molecule has 1 aliphatic rings. The molecule has 5 nitrogen and oxygen atoms in total. The number of likely N-dealkylation sites (tertiary alicyclic amines) is 1. The molecule has 1 saturated heterocycles. The number of carbonyl (C=O) groups is 1. The zero-order chi connectivity index (χ0) is 18.4. The Morgan fingerprint density at radius 1 is 1.08 bits per heavy atom. The molecule has 134 valence electrons. The number of hydrogen-bond acceptors (Lipinski definition) is 4. The Bertz CT molecular complexity index is 793. The van der Waals surface area contributed by atoms with Crippen molar-refractivity contribution in [3.63, 3.8) is 0 Å². The maximum absolute atomic E-state index is 13.1. The molecule has 5 heteroatoms. The van der Waals surface area contributed by atoms with E-state index in [1.54, 1.807) is 18.2 Å². The van der Waals surface area contributed by atoms with E-state index < -0.39 is 6.10 Å². The summed E-state index contributed by atoms with van der Waals surface area (Å²) >= 11 is 0. The molecule has 1 atom stereocenters. The number of rotatable bonds is 5. The van der Waals surface area contributed by atoms with Gasteiger partial charge in [-0.15, -0.1) is 0 Å². The monoisotopic (exact) mass is 350 g/mol. The topological polar surface area (TPSA) is 62.6 Å². The van der Waals surface area contributed by atoms with Gasteiger partial charge in [0, 0.05) is 24.7 Å². The molecular weight excluding hydrogens is 328 g/mol. The molecule has 3 rings (SSSR count). The van der Waals surface area contributed by atoms with E-state index in [9.17, 15) is 4.79 Å². The van der Waals surface area contributed by atoms with Crippen molar-refractivity contribution in [2.24, 2.45) is 0 Å². The van der Waals surface area contributed by atoms with E-state index in [4.69, 9.17) is 14.7 Å². The minimum atomic E-state index is -0.740. The fourth-order valence-electron chi connectivity index (χ4n) is 3.13. The molecule has 1 aliphatic heterocycles. The highest BCUT2D eigenvalue weighted by Gasteiger charge is 2.29. The molecule has 0 N–H and O–H groups in total. The van der Waals surface area contributed by atoms with Crippen molar-refractivity contribution in [2.45, 2.75) is 25.4 Å². The van der Waals surface area contributed by atoms with Gasteiger partial charge < -0.3 is 14.4 Å². The summed E-state index contributed by atoms with van der Waals surface area (Å²) in [6.45, 7) is 1.52. The van der Waals surface area contributed by atoms with Crippen LogP contribution in [-0.4, -0.2) is 31.0 Å². The average molecular weight is 350 g/mol. The number of nitriles is 1. The van der Waals surface area contributed by atoms with E-state index in [0.717, 1.165) is 37.9 Å². The molecule has 26 heavy (non-hydrogen) atoms. The first kappa shape index (κ1) is 17.8. The lowest BCUT2D eigenvalue weighted by Gasteiger charge is -2.31. The number of carbonyl (C=O) groups excluding carboxylic acids is 1. The smallest absolute Gasteiger partial charge is 0.268 e. The van der Waals surface area contributed by atoms with Crippen molar-refractivity contribution >= 4 is 5.91 Å². The van der Waals surface area contributed by atoms with Crippen LogP contribution in [0.4, 0.5) is 0 Å². The average Bonchev–Trinajstić information content (AvgIpc) is 2.72. The van der Waals surface area contributed by atoms with E-state index >= 15 is 0 Å². The summed E-state index contributed by atoms with van der Waals surface area (Å²) in [5.41, 5.74) is 1.28. The third-order valence-corrected chi connectivity index (χ3v) is 4.53. The van der Waals surface area contributed by atoms with Crippen LogP contribution in [0.5, 0.6) is 11.5 Å². The minimum absolute atomic E-state index is 0.0395. The van der Waals surface area contributed by atoms with Crippen LogP contribution in [0, 0.1) is 11.3 Å². The highest BCUT2D eigenvalue weighted by molar-refractivity contribution is 5.83. The number of amides is 1. The Labute approximate surface area is 153 Å². The summed E-state index contributed by atoms with van der Waals surface area (Å²) < 4.78 is 11.5. The van der Waals surface area contributed by atoms with Crippen LogP contribution in [-0.2, 0) is 4.79 Å². The van der Waals surface area contributed by atoms with E-state index in [1.807, 2.05) is 35.2 Å². The lowest BCUT2D eigenvalue weighted by Crippen LogP contribution is -2.40. The first-order chi connectivity index (χ1) is 12.7. The van der Waals surface area contributed by atoms with Crippen molar-refractivity contribution in [1.82, 2.24) is 4.90 Å². The van der Waals surface area contributed by atoms with Gasteiger partial charge in [0.05, 0.1) is 18.7 Å². The first-order valence-electron chi connectivity index (χ1n) is 8.81. The van der Waals surface area contributed by atoms with Gasteiger partial charge in [-0.25, -0.2) is 0 Å². The van der Waals surface area contributed by atoms with Crippen LogP contribution in [0.25, 0.3) is 0 Å². The molecular formula is C21H22N2O3. The minimum Gasteiger partial charge on any atom is -0.493 e. The molecule has 0 unspecified atom stereocenters. The Morgan fingerprint density at radius 2 is 1.81 bits per heavy atom. The number of nitrogens with zero attached hydrogens (tertiary/aromatic N) is 2. The highest BCUT2D eigenvalue weighted by atomic mass is 16.5. The van der Waals surface area contributed by atoms with Crippen molar-refractivity contribution in [3.8, 4) is 17.6 Å². The highest BCUT2D eigenvalue weighted by Crippen LogP contribution is 2.33. The molecule has 2 aromatic rings. The Balaban J connectivity index is 1.91. The maximum atomic E-state index is 13.1. The number of piperidine rings is 1. The van der Waals surface area contributed by atoms with Crippen molar-refractivity contribution in [2.75, 3.05) is 20.2 Å². The Hall–Kier alpha value is -3.00. The summed E-state index contributed by atoms with van der Waals surface area (Å²) in [7, 11) is 1.52.